The minimum Gasteiger partial charge on any atom is -0.508 e. The third-order valence-corrected chi connectivity index (χ3v) is 5.03. The molecule has 0 radical (unpaired) electrons. The summed E-state index contributed by atoms with van der Waals surface area (Å²) >= 11 is 0. The Balaban J connectivity index is 2.02. The number of phenols is 3. The van der Waals surface area contributed by atoms with Gasteiger partial charge in [0.15, 0.2) is 0 Å². The van der Waals surface area contributed by atoms with E-state index in [-0.39, 0.29) is 33.8 Å². The summed E-state index contributed by atoms with van der Waals surface area (Å²) in [6.07, 6.45) is 7.72. The van der Waals surface area contributed by atoms with E-state index in [0.717, 1.165) is 18.4 Å². The van der Waals surface area contributed by atoms with Gasteiger partial charge in [-0.3, -0.25) is 4.79 Å². The number of hydrogen-bond donors (Lipinski definition) is 3. The molecule has 0 fully saturated rings. The van der Waals surface area contributed by atoms with E-state index in [1.807, 2.05) is 13.0 Å². The molecule has 0 spiro atoms. The SMILES string of the molecule is CC(C)=CCC/C(C)=C/Cc1c(O)cc(O)c2c(=O)c(-c3ccc(O)cc3)coc12. The lowest BCUT2D eigenvalue weighted by Crippen LogP contribution is -2.06. The van der Waals surface area contributed by atoms with E-state index in [9.17, 15) is 20.1 Å². The van der Waals surface area contributed by atoms with Gasteiger partial charge in [-0.1, -0.05) is 35.4 Å². The van der Waals surface area contributed by atoms with Crippen LogP contribution < -0.4 is 5.43 Å². The molecule has 2 aromatic carbocycles. The maximum atomic E-state index is 13.1. The second-order valence-corrected chi connectivity index (χ2v) is 7.70. The van der Waals surface area contributed by atoms with Crippen molar-refractivity contribution < 1.29 is 19.7 Å². The number of hydrogen-bond acceptors (Lipinski definition) is 5. The van der Waals surface area contributed by atoms with Gasteiger partial charge in [0.25, 0.3) is 0 Å². The molecule has 0 atom stereocenters. The fourth-order valence-corrected chi connectivity index (χ4v) is 3.33. The maximum absolute atomic E-state index is 13.1. The minimum atomic E-state index is -0.398. The predicted octanol–water partition coefficient (Wildman–Crippen LogP) is 5.81. The number of rotatable bonds is 6. The summed E-state index contributed by atoms with van der Waals surface area (Å²) in [6.45, 7) is 6.15. The first-order valence-electron chi connectivity index (χ1n) is 9.85. The van der Waals surface area contributed by atoms with Gasteiger partial charge in [0.1, 0.15) is 34.5 Å². The van der Waals surface area contributed by atoms with E-state index in [4.69, 9.17) is 4.42 Å². The van der Waals surface area contributed by atoms with Crippen molar-refractivity contribution in [2.75, 3.05) is 0 Å². The van der Waals surface area contributed by atoms with Crippen molar-refractivity contribution >= 4 is 11.0 Å². The Morgan fingerprint density at radius 2 is 1.70 bits per heavy atom. The number of phenolic OH excluding ortho intramolecular Hbond substituents is 3. The number of benzene rings is 2. The average Bonchev–Trinajstić information content (AvgIpc) is 2.68. The highest BCUT2D eigenvalue weighted by Gasteiger charge is 2.18. The first-order chi connectivity index (χ1) is 14.3. The van der Waals surface area contributed by atoms with Gasteiger partial charge in [-0.25, -0.2) is 0 Å². The van der Waals surface area contributed by atoms with Crippen molar-refractivity contribution in [3.8, 4) is 28.4 Å². The summed E-state index contributed by atoms with van der Waals surface area (Å²) in [5.41, 5.74) is 3.50. The quantitative estimate of drug-likeness (QED) is 0.449. The van der Waals surface area contributed by atoms with Crippen molar-refractivity contribution in [1.29, 1.82) is 0 Å². The zero-order valence-electron chi connectivity index (χ0n) is 17.4. The number of fused-ring (bicyclic) bond motifs is 1. The molecule has 5 nitrogen and oxygen atoms in total. The Morgan fingerprint density at radius 1 is 1.00 bits per heavy atom. The maximum Gasteiger partial charge on any atom is 0.204 e. The molecule has 5 heteroatoms. The summed E-state index contributed by atoms with van der Waals surface area (Å²) in [4.78, 5) is 13.1. The summed E-state index contributed by atoms with van der Waals surface area (Å²) < 4.78 is 5.72. The van der Waals surface area contributed by atoms with Crippen LogP contribution in [0.1, 0.15) is 39.2 Å². The lowest BCUT2D eigenvalue weighted by atomic mass is 10.00. The second kappa shape index (κ2) is 8.91. The lowest BCUT2D eigenvalue weighted by molar-refractivity contribution is 0.447. The molecular formula is C25H26O5. The van der Waals surface area contributed by atoms with Crippen LogP contribution in [0.15, 0.2) is 69.1 Å². The summed E-state index contributed by atoms with van der Waals surface area (Å²) in [6, 6.07) is 7.34. The molecule has 3 aromatic rings. The van der Waals surface area contributed by atoms with Crippen molar-refractivity contribution in [2.45, 2.75) is 40.0 Å². The van der Waals surface area contributed by atoms with Crippen molar-refractivity contribution in [3.63, 3.8) is 0 Å². The van der Waals surface area contributed by atoms with Gasteiger partial charge in [0, 0.05) is 11.6 Å². The van der Waals surface area contributed by atoms with Crippen LogP contribution in [0, 0.1) is 0 Å². The zero-order chi connectivity index (χ0) is 21.8. The molecule has 30 heavy (non-hydrogen) atoms. The minimum absolute atomic E-state index is 0.0315. The largest absolute Gasteiger partial charge is 0.508 e. The van der Waals surface area contributed by atoms with Gasteiger partial charge < -0.3 is 19.7 Å². The number of allylic oxidation sites excluding steroid dienone is 4. The molecule has 3 N–H and O–H groups in total. The van der Waals surface area contributed by atoms with Crippen molar-refractivity contribution in [1.82, 2.24) is 0 Å². The van der Waals surface area contributed by atoms with Gasteiger partial charge in [-0.15, -0.1) is 0 Å². The second-order valence-electron chi connectivity index (χ2n) is 7.70. The smallest absolute Gasteiger partial charge is 0.204 e. The Morgan fingerprint density at radius 3 is 2.37 bits per heavy atom. The fraction of sp³-hybridized carbons (Fsp3) is 0.240. The summed E-state index contributed by atoms with van der Waals surface area (Å²) in [5, 5.41) is 30.2. The van der Waals surface area contributed by atoms with Crippen LogP contribution in [-0.2, 0) is 6.42 Å². The third-order valence-electron chi connectivity index (χ3n) is 5.03. The van der Waals surface area contributed by atoms with Crippen LogP contribution in [0.3, 0.4) is 0 Å². The van der Waals surface area contributed by atoms with Crippen molar-refractivity contribution in [3.05, 3.63) is 75.7 Å². The van der Waals surface area contributed by atoms with E-state index in [1.165, 1.54) is 30.0 Å². The van der Waals surface area contributed by atoms with E-state index in [0.29, 0.717) is 17.5 Å². The van der Waals surface area contributed by atoms with Gasteiger partial charge in [0.2, 0.25) is 5.43 Å². The van der Waals surface area contributed by atoms with E-state index in [2.05, 4.69) is 19.9 Å². The first-order valence-corrected chi connectivity index (χ1v) is 9.85. The lowest BCUT2D eigenvalue weighted by Gasteiger charge is -2.10. The van der Waals surface area contributed by atoms with E-state index in [1.54, 1.807) is 12.1 Å². The molecule has 0 amide bonds. The molecule has 156 valence electrons. The first kappa shape index (κ1) is 21.2. The zero-order valence-corrected chi connectivity index (χ0v) is 17.4. The summed E-state index contributed by atoms with van der Waals surface area (Å²) in [5.74, 6) is -0.357. The molecule has 0 unspecified atom stereocenters. The van der Waals surface area contributed by atoms with Crippen LogP contribution in [0.2, 0.25) is 0 Å². The van der Waals surface area contributed by atoms with Crippen LogP contribution in [0.25, 0.3) is 22.1 Å². The van der Waals surface area contributed by atoms with Gasteiger partial charge in [0.05, 0.1) is 5.56 Å². The Hall–Kier alpha value is -3.47. The highest BCUT2D eigenvalue weighted by atomic mass is 16.3. The van der Waals surface area contributed by atoms with Crippen LogP contribution in [0.5, 0.6) is 17.2 Å². The standard InChI is InChI=1S/C25H26O5/c1-15(2)5-4-6-16(3)7-12-19-21(27)13-22(28)23-24(29)20(14-30-25(19)23)17-8-10-18(26)11-9-17/h5,7-11,13-14,26-28H,4,6,12H2,1-3H3/b16-7+. The molecule has 1 heterocycles. The highest BCUT2D eigenvalue weighted by Crippen LogP contribution is 2.35. The number of aromatic hydroxyl groups is 3. The summed E-state index contributed by atoms with van der Waals surface area (Å²) in [7, 11) is 0. The monoisotopic (exact) mass is 406 g/mol. The topological polar surface area (TPSA) is 90.9 Å². The van der Waals surface area contributed by atoms with Gasteiger partial charge in [-0.05, 0) is 57.7 Å². The Labute approximate surface area is 175 Å². The Bertz CT molecular complexity index is 1180. The Kier molecular flexibility index (Phi) is 6.31. The molecule has 0 saturated carbocycles. The van der Waals surface area contributed by atoms with Gasteiger partial charge in [-0.2, -0.15) is 0 Å². The fourth-order valence-electron chi connectivity index (χ4n) is 3.33. The molecule has 0 bridgehead atoms. The van der Waals surface area contributed by atoms with Crippen LogP contribution in [-0.4, -0.2) is 15.3 Å². The van der Waals surface area contributed by atoms with Crippen LogP contribution >= 0.6 is 0 Å². The average molecular weight is 406 g/mol. The normalized spacial score (nSPS) is 11.6. The molecule has 0 aliphatic rings. The highest BCUT2D eigenvalue weighted by molar-refractivity contribution is 5.90. The van der Waals surface area contributed by atoms with Gasteiger partial charge >= 0.3 is 0 Å². The van der Waals surface area contributed by atoms with Crippen molar-refractivity contribution in [2.24, 2.45) is 0 Å². The molecular weight excluding hydrogens is 380 g/mol. The molecule has 0 aliphatic heterocycles. The molecule has 0 saturated heterocycles. The molecule has 0 aliphatic carbocycles. The molecule has 1 aromatic heterocycles. The van der Waals surface area contributed by atoms with E-state index < -0.39 is 5.43 Å². The predicted molar refractivity (Wildman–Crippen MR) is 119 cm³/mol. The van der Waals surface area contributed by atoms with Crippen LogP contribution in [0.4, 0.5) is 0 Å². The molecule has 3 rings (SSSR count). The third kappa shape index (κ3) is 4.57. The van der Waals surface area contributed by atoms with E-state index >= 15 is 0 Å².